The molecule has 3 heterocycles. The lowest BCUT2D eigenvalue weighted by molar-refractivity contribution is -0.166. The smallest absolute Gasteiger partial charge is 0.255 e. The lowest BCUT2D eigenvalue weighted by Gasteiger charge is -2.51. The summed E-state index contributed by atoms with van der Waals surface area (Å²) in [5.41, 5.74) is 5.16. The van der Waals surface area contributed by atoms with E-state index in [0.717, 1.165) is 37.8 Å². The molecule has 0 aliphatic carbocycles. The molecule has 0 bridgehead atoms. The number of H-pyrrole nitrogens is 1. The van der Waals surface area contributed by atoms with E-state index in [1.54, 1.807) is 9.80 Å². The SMILES string of the molecule is Cc1ccc(CN2CC(=O)N3C[C@H](c4ccc(Br)cc4)c4c([nH]c5ccccc45)[C@@]3(C)C2=O)cc1. The molecule has 5 nitrogen and oxygen atoms in total. The third-order valence-electron chi connectivity index (χ3n) is 7.58. The first-order valence-corrected chi connectivity index (χ1v) is 12.7. The molecule has 1 N–H and O–H groups in total. The van der Waals surface area contributed by atoms with Crippen LogP contribution in [0.15, 0.2) is 77.3 Å². The molecule has 2 amide bonds. The molecule has 6 heteroatoms. The number of hydrogen-bond donors (Lipinski definition) is 1. The van der Waals surface area contributed by atoms with Crippen molar-refractivity contribution in [2.24, 2.45) is 0 Å². The number of nitrogens with one attached hydrogen (secondary N) is 1. The maximum atomic E-state index is 14.1. The first-order chi connectivity index (χ1) is 16.9. The van der Waals surface area contributed by atoms with E-state index in [2.05, 4.69) is 39.1 Å². The van der Waals surface area contributed by atoms with Gasteiger partial charge < -0.3 is 14.8 Å². The second-order valence-corrected chi connectivity index (χ2v) is 10.7. The minimum atomic E-state index is -1.08. The van der Waals surface area contributed by atoms with Gasteiger partial charge in [0.1, 0.15) is 6.54 Å². The molecule has 0 unspecified atom stereocenters. The van der Waals surface area contributed by atoms with E-state index < -0.39 is 5.54 Å². The Kier molecular flexibility index (Phi) is 5.11. The number of nitrogens with zero attached hydrogens (tertiary/aromatic N) is 2. The molecule has 2 atom stereocenters. The van der Waals surface area contributed by atoms with Gasteiger partial charge in [-0.05, 0) is 48.7 Å². The molecule has 1 aromatic heterocycles. The fourth-order valence-corrected chi connectivity index (χ4v) is 5.98. The van der Waals surface area contributed by atoms with Crippen LogP contribution in [0.2, 0.25) is 0 Å². The summed E-state index contributed by atoms with van der Waals surface area (Å²) >= 11 is 3.53. The Morgan fingerprint density at radius 1 is 1.00 bits per heavy atom. The summed E-state index contributed by atoms with van der Waals surface area (Å²) in [5.74, 6) is -0.0897. The van der Waals surface area contributed by atoms with Crippen LogP contribution in [0.4, 0.5) is 0 Å². The van der Waals surface area contributed by atoms with Crippen LogP contribution in [-0.2, 0) is 21.7 Å². The van der Waals surface area contributed by atoms with Gasteiger partial charge in [-0.1, -0.05) is 76.1 Å². The standard InChI is InChI=1S/C29H26BrN3O2/c1-18-7-9-19(10-8-18)15-32-17-25(34)33-16-23(20-11-13-21(30)14-12-20)26-22-5-3-4-6-24(22)31-27(26)29(33,2)28(32)35/h3-14,23,31H,15-17H2,1-2H3/t23-,29+/m1/s1. The highest BCUT2D eigenvalue weighted by Crippen LogP contribution is 2.48. The number of aromatic amines is 1. The van der Waals surface area contributed by atoms with Gasteiger partial charge >= 0.3 is 0 Å². The number of piperazine rings is 1. The second kappa shape index (κ2) is 8.09. The molecule has 35 heavy (non-hydrogen) atoms. The molecule has 1 fully saturated rings. The third-order valence-corrected chi connectivity index (χ3v) is 8.11. The van der Waals surface area contributed by atoms with Crippen molar-refractivity contribution >= 4 is 38.6 Å². The zero-order valence-corrected chi connectivity index (χ0v) is 21.3. The molecule has 0 spiro atoms. The van der Waals surface area contributed by atoms with Gasteiger partial charge in [0.2, 0.25) is 5.91 Å². The summed E-state index contributed by atoms with van der Waals surface area (Å²) in [5, 5.41) is 1.10. The van der Waals surface area contributed by atoms with Crippen molar-refractivity contribution in [2.75, 3.05) is 13.1 Å². The van der Waals surface area contributed by atoms with E-state index in [-0.39, 0.29) is 24.3 Å². The van der Waals surface area contributed by atoms with Crippen molar-refractivity contribution in [1.29, 1.82) is 0 Å². The van der Waals surface area contributed by atoms with Gasteiger partial charge in [0.15, 0.2) is 5.54 Å². The summed E-state index contributed by atoms with van der Waals surface area (Å²) in [6, 6.07) is 24.6. The fraction of sp³-hybridized carbons (Fsp3) is 0.241. The number of carbonyl (C=O) groups excluding carboxylic acids is 2. The second-order valence-electron chi connectivity index (χ2n) is 9.79. The number of hydrogen-bond acceptors (Lipinski definition) is 2. The number of carbonyl (C=O) groups is 2. The van der Waals surface area contributed by atoms with E-state index in [0.29, 0.717) is 13.1 Å². The van der Waals surface area contributed by atoms with Crippen LogP contribution in [0, 0.1) is 6.92 Å². The average Bonchev–Trinajstić information content (AvgIpc) is 3.25. The summed E-state index contributed by atoms with van der Waals surface area (Å²) in [7, 11) is 0. The number of para-hydroxylation sites is 1. The Labute approximate surface area is 212 Å². The van der Waals surface area contributed by atoms with Crippen LogP contribution < -0.4 is 0 Å². The lowest BCUT2D eigenvalue weighted by atomic mass is 9.76. The Morgan fingerprint density at radius 2 is 1.71 bits per heavy atom. The molecule has 6 rings (SSSR count). The average molecular weight is 528 g/mol. The topological polar surface area (TPSA) is 56.4 Å². The highest BCUT2D eigenvalue weighted by molar-refractivity contribution is 9.10. The Morgan fingerprint density at radius 3 is 2.46 bits per heavy atom. The zero-order chi connectivity index (χ0) is 24.3. The van der Waals surface area contributed by atoms with Crippen LogP contribution in [0.3, 0.4) is 0 Å². The Hall–Kier alpha value is -3.38. The minimum absolute atomic E-state index is 0.0226. The molecule has 3 aromatic carbocycles. The van der Waals surface area contributed by atoms with Crippen molar-refractivity contribution in [2.45, 2.75) is 31.8 Å². The first-order valence-electron chi connectivity index (χ1n) is 11.9. The van der Waals surface area contributed by atoms with Crippen molar-refractivity contribution in [3.05, 3.63) is 105 Å². The van der Waals surface area contributed by atoms with E-state index >= 15 is 0 Å². The van der Waals surface area contributed by atoms with E-state index in [1.165, 1.54) is 5.56 Å². The van der Waals surface area contributed by atoms with Crippen molar-refractivity contribution in [3.63, 3.8) is 0 Å². The predicted molar refractivity (Wildman–Crippen MR) is 140 cm³/mol. The van der Waals surface area contributed by atoms with Crippen molar-refractivity contribution in [3.8, 4) is 0 Å². The molecule has 0 radical (unpaired) electrons. The molecule has 4 aromatic rings. The van der Waals surface area contributed by atoms with Crippen LogP contribution >= 0.6 is 15.9 Å². The number of rotatable bonds is 3. The van der Waals surface area contributed by atoms with E-state index in [9.17, 15) is 9.59 Å². The summed E-state index contributed by atoms with van der Waals surface area (Å²) in [6.45, 7) is 4.92. The van der Waals surface area contributed by atoms with Crippen LogP contribution in [0.1, 0.15) is 40.8 Å². The number of amides is 2. The minimum Gasteiger partial charge on any atom is -0.356 e. The van der Waals surface area contributed by atoms with Gasteiger partial charge in [-0.25, -0.2) is 0 Å². The van der Waals surface area contributed by atoms with Crippen LogP contribution in [-0.4, -0.2) is 39.7 Å². The van der Waals surface area contributed by atoms with Crippen LogP contribution in [0.25, 0.3) is 10.9 Å². The largest absolute Gasteiger partial charge is 0.356 e. The molecule has 176 valence electrons. The summed E-state index contributed by atoms with van der Waals surface area (Å²) in [6.07, 6.45) is 0. The number of fused-ring (bicyclic) bond motifs is 5. The lowest BCUT2D eigenvalue weighted by Crippen LogP contribution is -2.67. The van der Waals surface area contributed by atoms with Gasteiger partial charge in [0.05, 0.1) is 5.69 Å². The molecule has 2 aliphatic heterocycles. The van der Waals surface area contributed by atoms with Crippen LogP contribution in [0.5, 0.6) is 0 Å². The maximum absolute atomic E-state index is 14.1. The monoisotopic (exact) mass is 527 g/mol. The van der Waals surface area contributed by atoms with Crippen molar-refractivity contribution < 1.29 is 9.59 Å². The van der Waals surface area contributed by atoms with Gasteiger partial charge in [-0.15, -0.1) is 0 Å². The summed E-state index contributed by atoms with van der Waals surface area (Å²) < 4.78 is 1.01. The summed E-state index contributed by atoms with van der Waals surface area (Å²) in [4.78, 5) is 34.8. The van der Waals surface area contributed by atoms with Gasteiger partial charge in [-0.2, -0.15) is 0 Å². The van der Waals surface area contributed by atoms with Gasteiger partial charge in [-0.3, -0.25) is 9.59 Å². The molecular formula is C29H26BrN3O2. The molecular weight excluding hydrogens is 502 g/mol. The van der Waals surface area contributed by atoms with E-state index in [4.69, 9.17) is 0 Å². The van der Waals surface area contributed by atoms with E-state index in [1.807, 2.05) is 68.4 Å². The quantitative estimate of drug-likeness (QED) is 0.384. The molecule has 0 saturated carbocycles. The number of aryl methyl sites for hydroxylation is 1. The Balaban J connectivity index is 1.49. The first kappa shape index (κ1) is 22.1. The predicted octanol–water partition coefficient (Wildman–Crippen LogP) is 5.47. The van der Waals surface area contributed by atoms with Gasteiger partial charge in [0.25, 0.3) is 5.91 Å². The normalized spacial score (nSPS) is 21.9. The fourth-order valence-electron chi connectivity index (χ4n) is 5.71. The number of benzene rings is 3. The Bertz CT molecular complexity index is 1460. The third kappa shape index (κ3) is 3.42. The van der Waals surface area contributed by atoms with Gasteiger partial charge in [0, 0.05) is 34.4 Å². The molecule has 2 aliphatic rings. The van der Waals surface area contributed by atoms with Crippen molar-refractivity contribution in [1.82, 2.24) is 14.8 Å². The highest BCUT2D eigenvalue weighted by atomic mass is 79.9. The maximum Gasteiger partial charge on any atom is 0.255 e. The highest BCUT2D eigenvalue weighted by Gasteiger charge is 2.56. The molecule has 1 saturated heterocycles. The number of aromatic nitrogens is 1. The number of halogens is 1. The zero-order valence-electron chi connectivity index (χ0n) is 19.7.